The van der Waals surface area contributed by atoms with Crippen LogP contribution in [0.3, 0.4) is 0 Å². The Bertz CT molecular complexity index is 643. The van der Waals surface area contributed by atoms with Crippen molar-refractivity contribution in [2.75, 3.05) is 12.4 Å². The molecule has 0 saturated carbocycles. The van der Waals surface area contributed by atoms with Gasteiger partial charge in [0, 0.05) is 17.9 Å². The van der Waals surface area contributed by atoms with Gasteiger partial charge in [-0.2, -0.15) is 0 Å². The van der Waals surface area contributed by atoms with Crippen LogP contribution in [0, 0.1) is 6.92 Å². The highest BCUT2D eigenvalue weighted by Crippen LogP contribution is 2.18. The minimum Gasteiger partial charge on any atom is -0.494 e. The number of carbonyl (C=O) groups excluding carboxylic acids is 1. The van der Waals surface area contributed by atoms with Crippen LogP contribution in [0.25, 0.3) is 0 Å². The molecule has 0 spiro atoms. The molecule has 2 aromatic rings. The predicted octanol–water partition coefficient (Wildman–Crippen LogP) is 3.94. The smallest absolute Gasteiger partial charge is 0.230 e. The van der Waals surface area contributed by atoms with Gasteiger partial charge in [0.25, 0.3) is 0 Å². The number of aryl methyl sites for hydroxylation is 1. The van der Waals surface area contributed by atoms with Crippen molar-refractivity contribution >= 4 is 17.7 Å². The number of hydrogen-bond acceptors (Lipinski definition) is 3. The molecule has 2 aromatic carbocycles. The fourth-order valence-electron chi connectivity index (χ4n) is 2.22. The molecular weight excluding hydrogens is 306 g/mol. The molecule has 0 aliphatic heterocycles. The third-order valence-electron chi connectivity index (χ3n) is 3.50. The van der Waals surface area contributed by atoms with Crippen molar-refractivity contribution in [1.82, 2.24) is 5.32 Å². The molecule has 3 nitrogen and oxygen atoms in total. The van der Waals surface area contributed by atoms with E-state index in [1.54, 1.807) is 11.8 Å². The summed E-state index contributed by atoms with van der Waals surface area (Å²) in [5.41, 5.74) is 3.56. The fraction of sp³-hybridized carbons (Fsp3) is 0.316. The van der Waals surface area contributed by atoms with Crippen molar-refractivity contribution in [1.29, 1.82) is 0 Å². The maximum absolute atomic E-state index is 12.0. The summed E-state index contributed by atoms with van der Waals surface area (Å²) >= 11 is 1.63. The molecule has 0 bridgehead atoms. The summed E-state index contributed by atoms with van der Waals surface area (Å²) in [4.78, 5) is 12.0. The van der Waals surface area contributed by atoms with E-state index in [4.69, 9.17) is 4.74 Å². The summed E-state index contributed by atoms with van der Waals surface area (Å²) < 4.78 is 5.56. The zero-order valence-corrected chi connectivity index (χ0v) is 14.5. The monoisotopic (exact) mass is 329 g/mol. The molecule has 0 unspecified atom stereocenters. The topological polar surface area (TPSA) is 38.3 Å². The molecule has 0 saturated heterocycles. The minimum atomic E-state index is 0.0508. The second kappa shape index (κ2) is 9.26. The van der Waals surface area contributed by atoms with Crippen LogP contribution in [-0.2, 0) is 17.1 Å². The number of ether oxygens (including phenoxy) is 1. The molecule has 23 heavy (non-hydrogen) atoms. The molecule has 0 aliphatic rings. The summed E-state index contributed by atoms with van der Waals surface area (Å²) in [6.07, 6.45) is 0. The van der Waals surface area contributed by atoms with E-state index in [0.717, 1.165) is 17.1 Å². The van der Waals surface area contributed by atoms with E-state index >= 15 is 0 Å². The Kier molecular flexibility index (Phi) is 7.01. The van der Waals surface area contributed by atoms with Gasteiger partial charge in [-0.25, -0.2) is 0 Å². The number of rotatable bonds is 8. The lowest BCUT2D eigenvalue weighted by Gasteiger charge is -2.11. The van der Waals surface area contributed by atoms with Crippen molar-refractivity contribution in [3.8, 4) is 5.75 Å². The van der Waals surface area contributed by atoms with Crippen LogP contribution in [0.2, 0.25) is 0 Å². The van der Waals surface area contributed by atoms with E-state index in [9.17, 15) is 4.79 Å². The van der Waals surface area contributed by atoms with E-state index in [-0.39, 0.29) is 5.91 Å². The van der Waals surface area contributed by atoms with Gasteiger partial charge in [-0.3, -0.25) is 4.79 Å². The van der Waals surface area contributed by atoms with Gasteiger partial charge in [0.05, 0.1) is 12.4 Å². The first-order chi connectivity index (χ1) is 11.2. The van der Waals surface area contributed by atoms with Crippen LogP contribution < -0.4 is 10.1 Å². The van der Waals surface area contributed by atoms with Gasteiger partial charge in [0.2, 0.25) is 5.91 Å². The molecule has 0 fully saturated rings. The zero-order chi connectivity index (χ0) is 16.5. The van der Waals surface area contributed by atoms with E-state index < -0.39 is 0 Å². The van der Waals surface area contributed by atoms with Crippen molar-refractivity contribution in [2.45, 2.75) is 26.1 Å². The normalized spacial score (nSPS) is 10.3. The van der Waals surface area contributed by atoms with Gasteiger partial charge in [-0.1, -0.05) is 42.5 Å². The molecule has 1 amide bonds. The van der Waals surface area contributed by atoms with E-state index in [1.807, 2.05) is 43.3 Å². The highest BCUT2D eigenvalue weighted by atomic mass is 32.2. The summed E-state index contributed by atoms with van der Waals surface area (Å²) in [5, 5.41) is 2.96. The summed E-state index contributed by atoms with van der Waals surface area (Å²) in [7, 11) is 0. The lowest BCUT2D eigenvalue weighted by molar-refractivity contribution is -0.118. The Labute approximate surface area is 142 Å². The van der Waals surface area contributed by atoms with Gasteiger partial charge in [-0.05, 0) is 31.0 Å². The maximum atomic E-state index is 12.0. The number of nitrogens with one attached hydrogen (secondary N) is 1. The molecule has 0 atom stereocenters. The highest BCUT2D eigenvalue weighted by Gasteiger charge is 2.06. The number of thioether (sulfide) groups is 1. The number of amides is 1. The van der Waals surface area contributed by atoms with E-state index in [0.29, 0.717) is 18.9 Å². The van der Waals surface area contributed by atoms with Gasteiger partial charge < -0.3 is 10.1 Å². The molecule has 2 rings (SSSR count). The first kappa shape index (κ1) is 17.4. The molecule has 0 aromatic heterocycles. The number of para-hydroxylation sites is 1. The predicted molar refractivity (Wildman–Crippen MR) is 96.8 cm³/mol. The van der Waals surface area contributed by atoms with Gasteiger partial charge in [0.15, 0.2) is 0 Å². The first-order valence-corrected chi connectivity index (χ1v) is 8.95. The molecule has 0 aliphatic carbocycles. The standard InChI is InChI=1S/C19H23NO2S/c1-3-22-18-11-7-6-9-16(18)12-20-19(21)14-23-13-17-10-5-4-8-15(17)2/h4-11H,3,12-14H2,1-2H3,(H,20,21). The van der Waals surface area contributed by atoms with Crippen molar-refractivity contribution in [2.24, 2.45) is 0 Å². The van der Waals surface area contributed by atoms with Crippen molar-refractivity contribution in [3.05, 3.63) is 65.2 Å². The second-order valence-corrected chi connectivity index (χ2v) is 6.22. The van der Waals surface area contributed by atoms with Gasteiger partial charge in [0.1, 0.15) is 5.75 Å². The molecule has 0 heterocycles. The van der Waals surface area contributed by atoms with Crippen LogP contribution >= 0.6 is 11.8 Å². The third kappa shape index (κ3) is 5.64. The number of hydrogen-bond donors (Lipinski definition) is 1. The number of benzene rings is 2. The van der Waals surface area contributed by atoms with Crippen LogP contribution in [0.4, 0.5) is 0 Å². The van der Waals surface area contributed by atoms with E-state index in [1.165, 1.54) is 11.1 Å². The fourth-order valence-corrected chi connectivity index (χ4v) is 3.15. The molecule has 4 heteroatoms. The lowest BCUT2D eigenvalue weighted by Crippen LogP contribution is -2.25. The third-order valence-corrected chi connectivity index (χ3v) is 4.48. The molecule has 122 valence electrons. The second-order valence-electron chi connectivity index (χ2n) is 5.24. The summed E-state index contributed by atoms with van der Waals surface area (Å²) in [5.74, 6) is 2.21. The molecular formula is C19H23NO2S. The Hall–Kier alpha value is -1.94. The SMILES string of the molecule is CCOc1ccccc1CNC(=O)CSCc1ccccc1C. The Morgan fingerprint density at radius 3 is 2.52 bits per heavy atom. The van der Waals surface area contributed by atoms with Crippen molar-refractivity contribution < 1.29 is 9.53 Å². The Balaban J connectivity index is 1.76. The van der Waals surface area contributed by atoms with Crippen LogP contribution in [-0.4, -0.2) is 18.3 Å². The molecule has 0 radical (unpaired) electrons. The van der Waals surface area contributed by atoms with Gasteiger partial charge >= 0.3 is 0 Å². The van der Waals surface area contributed by atoms with Crippen LogP contribution in [0.1, 0.15) is 23.6 Å². The highest BCUT2D eigenvalue weighted by molar-refractivity contribution is 7.99. The maximum Gasteiger partial charge on any atom is 0.230 e. The molecule has 1 N–H and O–H groups in total. The number of carbonyl (C=O) groups is 1. The first-order valence-electron chi connectivity index (χ1n) is 7.80. The Morgan fingerprint density at radius 2 is 1.78 bits per heavy atom. The van der Waals surface area contributed by atoms with Crippen molar-refractivity contribution in [3.63, 3.8) is 0 Å². The van der Waals surface area contributed by atoms with Gasteiger partial charge in [-0.15, -0.1) is 11.8 Å². The summed E-state index contributed by atoms with van der Waals surface area (Å²) in [6, 6.07) is 16.1. The Morgan fingerprint density at radius 1 is 1.09 bits per heavy atom. The average molecular weight is 329 g/mol. The summed E-state index contributed by atoms with van der Waals surface area (Å²) in [6.45, 7) is 5.18. The lowest BCUT2D eigenvalue weighted by atomic mass is 10.1. The van der Waals surface area contributed by atoms with Crippen LogP contribution in [0.5, 0.6) is 5.75 Å². The quantitative estimate of drug-likeness (QED) is 0.797. The zero-order valence-electron chi connectivity index (χ0n) is 13.7. The minimum absolute atomic E-state index is 0.0508. The average Bonchev–Trinajstić information content (AvgIpc) is 2.56. The van der Waals surface area contributed by atoms with Crippen LogP contribution in [0.15, 0.2) is 48.5 Å². The largest absolute Gasteiger partial charge is 0.494 e. The van der Waals surface area contributed by atoms with E-state index in [2.05, 4.69) is 24.4 Å².